The molecule has 1 rings (SSSR count). The van der Waals surface area contributed by atoms with Gasteiger partial charge in [0.2, 0.25) is 0 Å². The molecule has 14 heavy (non-hydrogen) atoms. The highest BCUT2D eigenvalue weighted by atomic mass is 16.3. The summed E-state index contributed by atoms with van der Waals surface area (Å²) < 4.78 is 0. The van der Waals surface area contributed by atoms with Crippen molar-refractivity contribution in [3.05, 3.63) is 45.3 Å². The smallest absolute Gasteiger partial charge is 0.0849 e. The number of benzene rings is 1. The Morgan fingerprint density at radius 3 is 2.86 bits per heavy atom. The summed E-state index contributed by atoms with van der Waals surface area (Å²) in [6, 6.07) is 5.84. The second-order valence-corrected chi connectivity index (χ2v) is 3.29. The summed E-state index contributed by atoms with van der Waals surface area (Å²) in [6.45, 7) is 3.97. The fraction of sp³-hybridized carbons (Fsp3) is 0.400. The van der Waals surface area contributed by atoms with Gasteiger partial charge in [-0.3, -0.25) is 0 Å². The third-order valence-corrected chi connectivity index (χ3v) is 2.11. The average Bonchev–Trinajstić information content (AvgIpc) is 2.18. The van der Waals surface area contributed by atoms with Crippen LogP contribution in [-0.4, -0.2) is 11.7 Å². The van der Waals surface area contributed by atoms with Crippen molar-refractivity contribution in [1.82, 2.24) is 0 Å². The molecule has 0 aliphatic heterocycles. The predicted molar refractivity (Wildman–Crippen MR) is 54.9 cm³/mol. The Labute approximate surface area is 82.8 Å². The van der Waals surface area contributed by atoms with Crippen molar-refractivity contribution in [3.8, 4) is 0 Å². The molecule has 0 unspecified atom stereocenters. The van der Waals surface area contributed by atoms with Crippen LogP contribution in [0.25, 0.3) is 10.4 Å². The Kier molecular flexibility index (Phi) is 3.51. The van der Waals surface area contributed by atoms with Crippen LogP contribution in [-0.2, 0) is 0 Å². The van der Waals surface area contributed by atoms with Crippen LogP contribution in [0.5, 0.6) is 0 Å². The maximum atomic E-state index is 9.69. The van der Waals surface area contributed by atoms with Crippen molar-refractivity contribution in [2.75, 3.05) is 6.54 Å². The first kappa shape index (κ1) is 10.6. The number of aliphatic hydroxyl groups excluding tert-OH is 1. The minimum Gasteiger partial charge on any atom is -0.388 e. The zero-order valence-corrected chi connectivity index (χ0v) is 8.31. The molecule has 1 atom stereocenters. The van der Waals surface area contributed by atoms with Gasteiger partial charge in [-0.2, -0.15) is 0 Å². The van der Waals surface area contributed by atoms with E-state index in [2.05, 4.69) is 10.0 Å². The number of hydrogen-bond donors (Lipinski definition) is 1. The van der Waals surface area contributed by atoms with Gasteiger partial charge in [0, 0.05) is 4.91 Å². The van der Waals surface area contributed by atoms with E-state index in [-0.39, 0.29) is 6.54 Å². The minimum atomic E-state index is -0.703. The van der Waals surface area contributed by atoms with Gasteiger partial charge in [0.25, 0.3) is 0 Å². The molecule has 0 heterocycles. The maximum absolute atomic E-state index is 9.69. The molecule has 0 aliphatic carbocycles. The summed E-state index contributed by atoms with van der Waals surface area (Å²) in [7, 11) is 0. The van der Waals surface area contributed by atoms with E-state index in [4.69, 9.17) is 5.53 Å². The zero-order chi connectivity index (χ0) is 10.6. The van der Waals surface area contributed by atoms with Crippen molar-refractivity contribution >= 4 is 0 Å². The van der Waals surface area contributed by atoms with Gasteiger partial charge in [0.15, 0.2) is 0 Å². The van der Waals surface area contributed by atoms with Gasteiger partial charge in [0.1, 0.15) is 0 Å². The van der Waals surface area contributed by atoms with Crippen molar-refractivity contribution in [1.29, 1.82) is 0 Å². The van der Waals surface area contributed by atoms with Gasteiger partial charge in [-0.25, -0.2) is 0 Å². The molecule has 0 aromatic heterocycles. The standard InChI is InChI=1S/C10H13N3O/c1-7-3-4-8(2)9(5-7)10(14)6-12-13-11/h3-5,10,14H,6H2,1-2H3/t10-/m1/s1. The van der Waals surface area contributed by atoms with Gasteiger partial charge < -0.3 is 5.11 Å². The van der Waals surface area contributed by atoms with E-state index < -0.39 is 6.10 Å². The monoisotopic (exact) mass is 191 g/mol. The van der Waals surface area contributed by atoms with E-state index in [0.717, 1.165) is 16.7 Å². The molecule has 0 saturated carbocycles. The van der Waals surface area contributed by atoms with Crippen LogP contribution in [0, 0.1) is 13.8 Å². The lowest BCUT2D eigenvalue weighted by Gasteiger charge is -2.11. The van der Waals surface area contributed by atoms with Crippen molar-refractivity contribution in [2.45, 2.75) is 20.0 Å². The Morgan fingerprint density at radius 1 is 1.50 bits per heavy atom. The topological polar surface area (TPSA) is 69.0 Å². The molecule has 1 aromatic carbocycles. The van der Waals surface area contributed by atoms with E-state index in [1.54, 1.807) is 0 Å². The molecular weight excluding hydrogens is 178 g/mol. The molecule has 0 spiro atoms. The molecule has 0 bridgehead atoms. The largest absolute Gasteiger partial charge is 0.388 e. The molecule has 74 valence electrons. The molecule has 1 N–H and O–H groups in total. The molecular formula is C10H13N3O. The fourth-order valence-corrected chi connectivity index (χ4v) is 1.33. The second kappa shape index (κ2) is 4.65. The summed E-state index contributed by atoms with van der Waals surface area (Å²) in [4.78, 5) is 2.62. The summed E-state index contributed by atoms with van der Waals surface area (Å²) in [6.07, 6.45) is -0.703. The summed E-state index contributed by atoms with van der Waals surface area (Å²) in [5, 5.41) is 13.0. The van der Waals surface area contributed by atoms with Gasteiger partial charge in [-0.1, -0.05) is 28.9 Å². The lowest BCUT2D eigenvalue weighted by atomic mass is 10.0. The van der Waals surface area contributed by atoms with Crippen molar-refractivity contribution in [3.63, 3.8) is 0 Å². The van der Waals surface area contributed by atoms with Crippen LogP contribution in [0.3, 0.4) is 0 Å². The van der Waals surface area contributed by atoms with Crippen LogP contribution >= 0.6 is 0 Å². The van der Waals surface area contributed by atoms with Gasteiger partial charge in [-0.05, 0) is 30.5 Å². The fourth-order valence-electron chi connectivity index (χ4n) is 1.33. The summed E-state index contributed by atoms with van der Waals surface area (Å²) in [5.41, 5.74) is 11.1. The lowest BCUT2D eigenvalue weighted by molar-refractivity contribution is 0.186. The Balaban J connectivity index is 2.93. The number of aliphatic hydroxyl groups is 1. The first-order chi connectivity index (χ1) is 6.65. The first-order valence-corrected chi connectivity index (χ1v) is 4.41. The molecule has 4 heteroatoms. The predicted octanol–water partition coefficient (Wildman–Crippen LogP) is 2.65. The van der Waals surface area contributed by atoms with Gasteiger partial charge >= 0.3 is 0 Å². The Morgan fingerprint density at radius 2 is 2.21 bits per heavy atom. The number of hydrogen-bond acceptors (Lipinski definition) is 2. The lowest BCUT2D eigenvalue weighted by Crippen LogP contribution is -2.03. The average molecular weight is 191 g/mol. The minimum absolute atomic E-state index is 0.0841. The third kappa shape index (κ3) is 2.49. The highest BCUT2D eigenvalue weighted by Gasteiger charge is 2.08. The number of nitrogens with zero attached hydrogens (tertiary/aromatic N) is 3. The second-order valence-electron chi connectivity index (χ2n) is 3.29. The molecule has 4 nitrogen and oxygen atoms in total. The molecule has 0 aliphatic rings. The van der Waals surface area contributed by atoms with Crippen molar-refractivity contribution < 1.29 is 5.11 Å². The quantitative estimate of drug-likeness (QED) is 0.445. The van der Waals surface area contributed by atoms with Crippen LogP contribution in [0.15, 0.2) is 23.3 Å². The molecule has 1 aromatic rings. The van der Waals surface area contributed by atoms with E-state index in [0.29, 0.717) is 0 Å². The van der Waals surface area contributed by atoms with Crippen molar-refractivity contribution in [2.24, 2.45) is 5.11 Å². The number of rotatable bonds is 3. The van der Waals surface area contributed by atoms with Crippen LogP contribution < -0.4 is 0 Å². The Bertz CT molecular complexity index is 370. The number of azide groups is 1. The normalized spacial score (nSPS) is 11.9. The zero-order valence-electron chi connectivity index (χ0n) is 8.31. The summed E-state index contributed by atoms with van der Waals surface area (Å²) >= 11 is 0. The molecule has 0 fully saturated rings. The van der Waals surface area contributed by atoms with E-state index in [1.165, 1.54) is 0 Å². The van der Waals surface area contributed by atoms with E-state index in [9.17, 15) is 5.11 Å². The molecule has 0 amide bonds. The Hall–Kier alpha value is -1.51. The first-order valence-electron chi connectivity index (χ1n) is 4.41. The maximum Gasteiger partial charge on any atom is 0.0849 e. The van der Waals surface area contributed by atoms with Crippen LogP contribution in [0.1, 0.15) is 22.8 Å². The van der Waals surface area contributed by atoms with Gasteiger partial charge in [0.05, 0.1) is 12.6 Å². The summed E-state index contributed by atoms with van der Waals surface area (Å²) in [5.74, 6) is 0. The molecule has 0 radical (unpaired) electrons. The third-order valence-electron chi connectivity index (χ3n) is 2.11. The highest BCUT2D eigenvalue weighted by Crippen LogP contribution is 2.19. The highest BCUT2D eigenvalue weighted by molar-refractivity contribution is 5.32. The van der Waals surface area contributed by atoms with Crippen LogP contribution in [0.4, 0.5) is 0 Å². The molecule has 0 saturated heterocycles. The number of aryl methyl sites for hydroxylation is 2. The SMILES string of the molecule is Cc1ccc(C)c([C@H](O)CN=[N+]=[N-])c1. The van der Waals surface area contributed by atoms with E-state index >= 15 is 0 Å². The van der Waals surface area contributed by atoms with Gasteiger partial charge in [-0.15, -0.1) is 0 Å². The van der Waals surface area contributed by atoms with Crippen LogP contribution in [0.2, 0.25) is 0 Å². The van der Waals surface area contributed by atoms with E-state index in [1.807, 2.05) is 32.0 Å².